The Morgan fingerprint density at radius 1 is 1.19 bits per heavy atom. The van der Waals surface area contributed by atoms with Crippen molar-refractivity contribution in [2.45, 2.75) is 12.0 Å². The van der Waals surface area contributed by atoms with E-state index in [1.807, 2.05) is 0 Å². The number of aliphatic hydroxyl groups excluding tert-OH is 1. The molecule has 2 unspecified atom stereocenters. The summed E-state index contributed by atoms with van der Waals surface area (Å²) < 4.78 is 13.8. The standard InChI is InChI=1S/C15H13BrCl2FNO/c16-12-3-1-2-10(14(12)18)15(21)11(7-20)9-5-4-8(19)6-13(9)17/h1-6,11,15,21H,7,20H2. The lowest BCUT2D eigenvalue weighted by Crippen LogP contribution is -2.21. The summed E-state index contributed by atoms with van der Waals surface area (Å²) in [6, 6.07) is 9.30. The molecule has 2 rings (SSSR count). The molecule has 112 valence electrons. The van der Waals surface area contributed by atoms with Gasteiger partial charge in [-0.25, -0.2) is 4.39 Å². The predicted octanol–water partition coefficient (Wildman–Crippen LogP) is 4.67. The van der Waals surface area contributed by atoms with Gasteiger partial charge in [0.1, 0.15) is 5.82 Å². The molecule has 6 heteroatoms. The number of nitrogens with two attached hydrogens (primary N) is 1. The summed E-state index contributed by atoms with van der Waals surface area (Å²) in [5.74, 6) is -0.917. The summed E-state index contributed by atoms with van der Waals surface area (Å²) in [7, 11) is 0. The van der Waals surface area contributed by atoms with E-state index in [0.717, 1.165) is 0 Å². The first-order chi connectivity index (χ1) is 9.95. The average Bonchev–Trinajstić information content (AvgIpc) is 2.44. The first-order valence-electron chi connectivity index (χ1n) is 6.22. The van der Waals surface area contributed by atoms with E-state index in [2.05, 4.69) is 15.9 Å². The maximum Gasteiger partial charge on any atom is 0.124 e. The summed E-state index contributed by atoms with van der Waals surface area (Å²) >= 11 is 15.6. The Morgan fingerprint density at radius 2 is 1.90 bits per heavy atom. The Labute approximate surface area is 140 Å². The molecular formula is C15H13BrCl2FNO. The second kappa shape index (κ2) is 7.07. The normalized spacial score (nSPS) is 14.0. The van der Waals surface area contributed by atoms with Gasteiger partial charge in [-0.1, -0.05) is 41.4 Å². The molecule has 0 saturated carbocycles. The van der Waals surface area contributed by atoms with Gasteiger partial charge in [-0.15, -0.1) is 0 Å². The molecule has 0 aliphatic heterocycles. The van der Waals surface area contributed by atoms with Crippen LogP contribution in [-0.4, -0.2) is 11.7 Å². The van der Waals surface area contributed by atoms with Crippen LogP contribution in [0.4, 0.5) is 4.39 Å². The van der Waals surface area contributed by atoms with E-state index in [1.54, 1.807) is 18.2 Å². The summed E-state index contributed by atoms with van der Waals surface area (Å²) in [5, 5.41) is 11.2. The molecule has 0 spiro atoms. The number of benzene rings is 2. The van der Waals surface area contributed by atoms with E-state index in [4.69, 9.17) is 28.9 Å². The Kier molecular flexibility index (Phi) is 5.63. The number of aliphatic hydroxyl groups is 1. The zero-order chi connectivity index (χ0) is 15.6. The molecule has 3 N–H and O–H groups in total. The Morgan fingerprint density at radius 3 is 2.52 bits per heavy atom. The first kappa shape index (κ1) is 16.7. The molecule has 2 nitrogen and oxygen atoms in total. The summed E-state index contributed by atoms with van der Waals surface area (Å²) in [6.07, 6.45) is -0.942. The van der Waals surface area contributed by atoms with Crippen molar-refractivity contribution in [3.63, 3.8) is 0 Å². The zero-order valence-electron chi connectivity index (χ0n) is 10.9. The number of hydrogen-bond acceptors (Lipinski definition) is 2. The second-order valence-corrected chi connectivity index (χ2v) is 6.24. The molecule has 0 aliphatic carbocycles. The van der Waals surface area contributed by atoms with Gasteiger partial charge in [0, 0.05) is 27.5 Å². The van der Waals surface area contributed by atoms with Crippen molar-refractivity contribution in [3.8, 4) is 0 Å². The third-order valence-corrected chi connectivity index (χ3v) is 4.94. The van der Waals surface area contributed by atoms with Crippen LogP contribution in [0.5, 0.6) is 0 Å². The van der Waals surface area contributed by atoms with Crippen molar-refractivity contribution >= 4 is 39.1 Å². The molecule has 0 heterocycles. The van der Waals surface area contributed by atoms with Gasteiger partial charge in [-0.3, -0.25) is 0 Å². The minimum Gasteiger partial charge on any atom is -0.388 e. The topological polar surface area (TPSA) is 46.2 Å². The zero-order valence-corrected chi connectivity index (χ0v) is 14.0. The summed E-state index contributed by atoms with van der Waals surface area (Å²) in [4.78, 5) is 0. The minimum absolute atomic E-state index is 0.148. The fraction of sp³-hybridized carbons (Fsp3) is 0.200. The van der Waals surface area contributed by atoms with Gasteiger partial charge in [0.15, 0.2) is 0 Å². The van der Waals surface area contributed by atoms with Gasteiger partial charge in [-0.2, -0.15) is 0 Å². The van der Waals surface area contributed by atoms with Crippen LogP contribution in [0.25, 0.3) is 0 Å². The van der Waals surface area contributed by atoms with E-state index in [9.17, 15) is 9.50 Å². The third kappa shape index (κ3) is 3.58. The molecule has 0 fully saturated rings. The molecule has 0 saturated heterocycles. The van der Waals surface area contributed by atoms with Crippen LogP contribution < -0.4 is 5.73 Å². The molecule has 21 heavy (non-hydrogen) atoms. The third-order valence-electron chi connectivity index (χ3n) is 3.30. The van der Waals surface area contributed by atoms with Crippen LogP contribution in [0.15, 0.2) is 40.9 Å². The number of halogens is 4. The number of hydrogen-bond donors (Lipinski definition) is 2. The Hall–Kier alpha value is -0.650. The van der Waals surface area contributed by atoms with Gasteiger partial charge in [0.25, 0.3) is 0 Å². The van der Waals surface area contributed by atoms with Crippen molar-refractivity contribution in [2.24, 2.45) is 5.73 Å². The minimum atomic E-state index is -0.942. The average molecular weight is 393 g/mol. The lowest BCUT2D eigenvalue weighted by molar-refractivity contribution is 0.147. The number of rotatable bonds is 4. The van der Waals surface area contributed by atoms with E-state index < -0.39 is 17.8 Å². The molecule has 2 aromatic rings. The van der Waals surface area contributed by atoms with Crippen molar-refractivity contribution in [1.29, 1.82) is 0 Å². The fourth-order valence-corrected chi connectivity index (χ4v) is 3.12. The second-order valence-electron chi connectivity index (χ2n) is 4.60. The van der Waals surface area contributed by atoms with Gasteiger partial charge in [0.05, 0.1) is 11.1 Å². The van der Waals surface area contributed by atoms with Crippen LogP contribution in [-0.2, 0) is 0 Å². The maximum absolute atomic E-state index is 13.2. The van der Waals surface area contributed by atoms with E-state index in [-0.39, 0.29) is 11.6 Å². The highest BCUT2D eigenvalue weighted by Crippen LogP contribution is 2.39. The first-order valence-corrected chi connectivity index (χ1v) is 7.77. The molecule has 0 radical (unpaired) electrons. The van der Waals surface area contributed by atoms with Crippen molar-refractivity contribution < 1.29 is 9.50 Å². The monoisotopic (exact) mass is 391 g/mol. The highest BCUT2D eigenvalue weighted by atomic mass is 79.9. The van der Waals surface area contributed by atoms with E-state index in [1.165, 1.54) is 18.2 Å². The van der Waals surface area contributed by atoms with Crippen LogP contribution in [0.1, 0.15) is 23.1 Å². The van der Waals surface area contributed by atoms with Crippen molar-refractivity contribution in [3.05, 3.63) is 67.9 Å². The SMILES string of the molecule is NCC(c1ccc(F)cc1Cl)C(O)c1cccc(Br)c1Cl. The van der Waals surface area contributed by atoms with E-state index >= 15 is 0 Å². The smallest absolute Gasteiger partial charge is 0.124 e. The van der Waals surface area contributed by atoms with Crippen LogP contribution >= 0.6 is 39.1 Å². The van der Waals surface area contributed by atoms with Crippen LogP contribution in [0.3, 0.4) is 0 Å². The Bertz CT molecular complexity index is 654. The molecule has 2 atom stereocenters. The van der Waals surface area contributed by atoms with Crippen molar-refractivity contribution in [1.82, 2.24) is 0 Å². The Balaban J connectivity index is 2.43. The maximum atomic E-state index is 13.2. The molecule has 2 aromatic carbocycles. The largest absolute Gasteiger partial charge is 0.388 e. The molecular weight excluding hydrogens is 380 g/mol. The lowest BCUT2D eigenvalue weighted by atomic mass is 9.89. The van der Waals surface area contributed by atoms with Crippen molar-refractivity contribution in [2.75, 3.05) is 6.54 Å². The van der Waals surface area contributed by atoms with Crippen LogP contribution in [0.2, 0.25) is 10.0 Å². The predicted molar refractivity (Wildman–Crippen MR) is 87.3 cm³/mol. The summed E-state index contributed by atoms with van der Waals surface area (Å²) in [6.45, 7) is 0.148. The fourth-order valence-electron chi connectivity index (χ4n) is 2.19. The van der Waals surface area contributed by atoms with Crippen LogP contribution in [0, 0.1) is 5.82 Å². The quantitative estimate of drug-likeness (QED) is 0.793. The van der Waals surface area contributed by atoms with E-state index in [0.29, 0.717) is 20.6 Å². The molecule has 0 aromatic heterocycles. The highest BCUT2D eigenvalue weighted by Gasteiger charge is 2.26. The molecule has 0 bridgehead atoms. The van der Waals surface area contributed by atoms with Gasteiger partial charge in [-0.05, 0) is 39.7 Å². The summed E-state index contributed by atoms with van der Waals surface area (Å²) in [5.41, 5.74) is 6.90. The lowest BCUT2D eigenvalue weighted by Gasteiger charge is -2.24. The molecule has 0 amide bonds. The molecule has 0 aliphatic rings. The highest BCUT2D eigenvalue weighted by molar-refractivity contribution is 9.10. The van der Waals surface area contributed by atoms with Gasteiger partial charge < -0.3 is 10.8 Å². The van der Waals surface area contributed by atoms with Gasteiger partial charge in [0.2, 0.25) is 0 Å². The van der Waals surface area contributed by atoms with Gasteiger partial charge >= 0.3 is 0 Å².